The fraction of sp³-hybridized carbons (Fsp3) is 0.0556. The number of carbonyl (C=O) groups is 1. The van der Waals surface area contributed by atoms with Gasteiger partial charge in [-0.1, -0.05) is 30.3 Å². The normalized spacial score (nSPS) is 11.7. The van der Waals surface area contributed by atoms with Crippen LogP contribution < -0.4 is 10.0 Å². The highest BCUT2D eigenvalue weighted by molar-refractivity contribution is 5.94. The Morgan fingerprint density at radius 3 is 2.22 bits per heavy atom. The Hall–Kier alpha value is -3.21. The van der Waals surface area contributed by atoms with Crippen LogP contribution in [0.2, 0.25) is 0 Å². The third kappa shape index (κ3) is 3.52. The summed E-state index contributed by atoms with van der Waals surface area (Å²) in [4.78, 5) is 16.5. The third-order valence-corrected chi connectivity index (χ3v) is 3.51. The van der Waals surface area contributed by atoms with E-state index in [1.807, 2.05) is 42.5 Å². The van der Waals surface area contributed by atoms with E-state index in [1.165, 1.54) is 24.5 Å². The first-order valence-corrected chi connectivity index (χ1v) is 7.18. The number of amides is 1. The standard InChI is InChI=1S/C18H15N3O2/c22-18(16-8-12-21(23)13-9-16)20-17(14-4-2-1-3-5-14)15-6-10-19-11-7-15/h1-13,17H,(H,20,22). The van der Waals surface area contributed by atoms with Crippen LogP contribution in [0, 0.1) is 5.21 Å². The van der Waals surface area contributed by atoms with Gasteiger partial charge in [0.05, 0.1) is 11.6 Å². The smallest absolute Gasteiger partial charge is 0.252 e. The van der Waals surface area contributed by atoms with Crippen molar-refractivity contribution in [1.82, 2.24) is 10.3 Å². The third-order valence-electron chi connectivity index (χ3n) is 3.51. The minimum Gasteiger partial charge on any atom is -0.619 e. The highest BCUT2D eigenvalue weighted by Crippen LogP contribution is 2.21. The van der Waals surface area contributed by atoms with Crippen molar-refractivity contribution in [2.45, 2.75) is 6.04 Å². The van der Waals surface area contributed by atoms with Gasteiger partial charge in [-0.2, -0.15) is 4.73 Å². The molecule has 3 aromatic rings. The summed E-state index contributed by atoms with van der Waals surface area (Å²) < 4.78 is 0.647. The Morgan fingerprint density at radius 2 is 1.57 bits per heavy atom. The van der Waals surface area contributed by atoms with Crippen molar-refractivity contribution >= 4 is 5.91 Å². The number of pyridine rings is 2. The first-order chi connectivity index (χ1) is 11.2. The molecule has 0 saturated heterocycles. The number of nitrogens with one attached hydrogen (secondary N) is 1. The minimum atomic E-state index is -0.286. The SMILES string of the molecule is O=C(NC(c1ccccc1)c1ccncc1)c1cc[n+]([O-])cc1. The molecule has 0 aliphatic heterocycles. The van der Waals surface area contributed by atoms with Gasteiger partial charge in [-0.05, 0) is 23.3 Å². The zero-order valence-electron chi connectivity index (χ0n) is 12.3. The van der Waals surface area contributed by atoms with Crippen molar-refractivity contribution in [3.8, 4) is 0 Å². The van der Waals surface area contributed by atoms with Gasteiger partial charge in [0, 0.05) is 24.5 Å². The zero-order valence-corrected chi connectivity index (χ0v) is 12.3. The van der Waals surface area contributed by atoms with E-state index in [-0.39, 0.29) is 11.9 Å². The molecule has 0 aliphatic rings. The topological polar surface area (TPSA) is 68.9 Å². The summed E-state index contributed by atoms with van der Waals surface area (Å²) in [5, 5.41) is 14.1. The number of rotatable bonds is 4. The van der Waals surface area contributed by atoms with Gasteiger partial charge in [-0.3, -0.25) is 9.78 Å². The van der Waals surface area contributed by atoms with Gasteiger partial charge in [-0.25, -0.2) is 0 Å². The zero-order chi connectivity index (χ0) is 16.1. The van der Waals surface area contributed by atoms with E-state index in [1.54, 1.807) is 12.4 Å². The molecular formula is C18H15N3O2. The lowest BCUT2D eigenvalue weighted by molar-refractivity contribution is -0.605. The van der Waals surface area contributed by atoms with Crippen LogP contribution in [0.5, 0.6) is 0 Å². The Morgan fingerprint density at radius 1 is 0.957 bits per heavy atom. The number of carbonyl (C=O) groups excluding carboxylic acids is 1. The fourth-order valence-corrected chi connectivity index (χ4v) is 2.34. The Kier molecular flexibility index (Phi) is 4.29. The summed E-state index contributed by atoms with van der Waals surface area (Å²) in [6.45, 7) is 0. The van der Waals surface area contributed by atoms with E-state index in [0.717, 1.165) is 11.1 Å². The van der Waals surface area contributed by atoms with Crippen LogP contribution in [-0.2, 0) is 0 Å². The lowest BCUT2D eigenvalue weighted by Gasteiger charge is -2.19. The van der Waals surface area contributed by atoms with Crippen molar-refractivity contribution in [2.75, 3.05) is 0 Å². The van der Waals surface area contributed by atoms with Crippen molar-refractivity contribution in [3.63, 3.8) is 0 Å². The molecule has 1 unspecified atom stereocenters. The monoisotopic (exact) mass is 305 g/mol. The molecule has 0 aliphatic carbocycles. The van der Waals surface area contributed by atoms with Gasteiger partial charge in [0.25, 0.3) is 5.91 Å². The van der Waals surface area contributed by atoms with E-state index >= 15 is 0 Å². The first kappa shape index (κ1) is 14.7. The highest BCUT2D eigenvalue weighted by Gasteiger charge is 2.18. The van der Waals surface area contributed by atoms with Crippen LogP contribution in [0.1, 0.15) is 27.5 Å². The lowest BCUT2D eigenvalue weighted by Crippen LogP contribution is -2.31. The molecule has 0 fully saturated rings. The summed E-state index contributed by atoms with van der Waals surface area (Å²) in [5.74, 6) is -0.240. The molecule has 3 rings (SSSR count). The number of benzene rings is 1. The molecule has 1 aromatic carbocycles. The first-order valence-electron chi connectivity index (χ1n) is 7.18. The van der Waals surface area contributed by atoms with Gasteiger partial charge in [0.15, 0.2) is 12.4 Å². The molecule has 23 heavy (non-hydrogen) atoms. The Bertz CT molecular complexity index is 735. The molecule has 0 bridgehead atoms. The number of aromatic nitrogens is 2. The maximum absolute atomic E-state index is 12.5. The molecule has 2 heterocycles. The summed E-state index contributed by atoms with van der Waals surface area (Å²) in [6.07, 6.45) is 6.00. The quantitative estimate of drug-likeness (QED) is 0.593. The maximum atomic E-state index is 12.5. The molecule has 1 amide bonds. The molecule has 1 atom stereocenters. The summed E-state index contributed by atoms with van der Waals surface area (Å²) >= 11 is 0. The predicted molar refractivity (Wildman–Crippen MR) is 85.4 cm³/mol. The van der Waals surface area contributed by atoms with Gasteiger partial charge in [0.1, 0.15) is 0 Å². The van der Waals surface area contributed by atoms with Crippen molar-refractivity contribution in [1.29, 1.82) is 0 Å². The van der Waals surface area contributed by atoms with E-state index in [9.17, 15) is 10.0 Å². The molecule has 0 saturated carbocycles. The number of hydrogen-bond acceptors (Lipinski definition) is 3. The van der Waals surface area contributed by atoms with Crippen molar-refractivity contribution in [2.24, 2.45) is 0 Å². The highest BCUT2D eigenvalue weighted by atomic mass is 16.5. The average molecular weight is 305 g/mol. The molecule has 1 N–H and O–H groups in total. The summed E-state index contributed by atoms with van der Waals surface area (Å²) in [5.41, 5.74) is 2.35. The Labute approximate surface area is 133 Å². The number of nitrogens with zero attached hydrogens (tertiary/aromatic N) is 2. The van der Waals surface area contributed by atoms with Gasteiger partial charge < -0.3 is 10.5 Å². The second-order valence-electron chi connectivity index (χ2n) is 5.04. The lowest BCUT2D eigenvalue weighted by atomic mass is 9.99. The van der Waals surface area contributed by atoms with Crippen LogP contribution in [0.25, 0.3) is 0 Å². The van der Waals surface area contributed by atoms with E-state index in [0.29, 0.717) is 10.3 Å². The van der Waals surface area contributed by atoms with E-state index in [4.69, 9.17) is 0 Å². The largest absolute Gasteiger partial charge is 0.619 e. The molecule has 0 spiro atoms. The van der Waals surface area contributed by atoms with Crippen molar-refractivity contribution < 1.29 is 9.52 Å². The van der Waals surface area contributed by atoms with Crippen LogP contribution in [-0.4, -0.2) is 10.9 Å². The van der Waals surface area contributed by atoms with Gasteiger partial charge >= 0.3 is 0 Å². The maximum Gasteiger partial charge on any atom is 0.252 e. The van der Waals surface area contributed by atoms with E-state index < -0.39 is 0 Å². The van der Waals surface area contributed by atoms with Crippen molar-refractivity contribution in [3.05, 3.63) is 101 Å². The van der Waals surface area contributed by atoms with Crippen LogP contribution in [0.15, 0.2) is 79.4 Å². The second kappa shape index (κ2) is 6.70. The van der Waals surface area contributed by atoms with Crippen LogP contribution >= 0.6 is 0 Å². The van der Waals surface area contributed by atoms with Crippen LogP contribution in [0.4, 0.5) is 0 Å². The molecular weight excluding hydrogens is 290 g/mol. The Balaban J connectivity index is 1.90. The van der Waals surface area contributed by atoms with Crippen LogP contribution in [0.3, 0.4) is 0 Å². The average Bonchev–Trinajstić information content (AvgIpc) is 2.61. The second-order valence-corrected chi connectivity index (χ2v) is 5.04. The molecule has 5 nitrogen and oxygen atoms in total. The predicted octanol–water partition coefficient (Wildman–Crippen LogP) is 2.23. The molecule has 114 valence electrons. The van der Waals surface area contributed by atoms with E-state index in [2.05, 4.69) is 10.3 Å². The molecule has 5 heteroatoms. The number of hydrogen-bond donors (Lipinski definition) is 1. The van der Waals surface area contributed by atoms with Gasteiger partial charge in [-0.15, -0.1) is 0 Å². The summed E-state index contributed by atoms with van der Waals surface area (Å²) in [7, 11) is 0. The van der Waals surface area contributed by atoms with Gasteiger partial charge in [0.2, 0.25) is 0 Å². The fourth-order valence-electron chi connectivity index (χ4n) is 2.34. The minimum absolute atomic E-state index is 0.240. The summed E-state index contributed by atoms with van der Waals surface area (Å²) in [6, 6.07) is 16.2. The molecule has 0 radical (unpaired) electrons. The molecule has 2 aromatic heterocycles.